The average molecular weight is 1110 g/mol. The first-order valence-corrected chi connectivity index (χ1v) is 26.6. The summed E-state index contributed by atoms with van der Waals surface area (Å²) in [6.07, 6.45) is 27.1. The molecule has 0 amide bonds. The lowest BCUT2D eigenvalue weighted by atomic mass is 10.4. The summed E-state index contributed by atoms with van der Waals surface area (Å²) in [5.74, 6) is 0. The van der Waals surface area contributed by atoms with E-state index in [1.165, 1.54) is 0 Å². The van der Waals surface area contributed by atoms with E-state index in [1.807, 2.05) is 85.1 Å². The molecule has 0 aromatic rings. The van der Waals surface area contributed by atoms with Gasteiger partial charge in [-0.2, -0.15) is 0 Å². The predicted octanol–water partition coefficient (Wildman–Crippen LogP) is 0.573. The monoisotopic (exact) mass is 1110 g/mol. The highest BCUT2D eigenvalue weighted by Crippen LogP contribution is 1.99. The van der Waals surface area contributed by atoms with Gasteiger partial charge in [0.2, 0.25) is 0 Å². The Labute approximate surface area is 465 Å². The lowest BCUT2D eigenvalue weighted by Crippen LogP contribution is -3.00. The van der Waals surface area contributed by atoms with Crippen molar-refractivity contribution in [1.82, 2.24) is 0 Å². The van der Waals surface area contributed by atoms with Crippen LogP contribution >= 0.6 is 0 Å². The van der Waals surface area contributed by atoms with E-state index in [0.29, 0.717) is 0 Å². The van der Waals surface area contributed by atoms with Gasteiger partial charge >= 0.3 is 0 Å². The molecule has 0 saturated heterocycles. The van der Waals surface area contributed by atoms with E-state index in [2.05, 4.69) is 191 Å². The second-order valence-electron chi connectivity index (χ2n) is 21.1. The fraction of sp³-hybridized carbons (Fsp3) is 0.500. The SMILES string of the molecule is C=CC[N+](C)(C)CC=C.C=CC[N+](C)(C)CC=C.C=CC[N+](C)(C)CC=C.C=CC[N+](C)(C)CC=C.C=CC[N+](C)(C)CC=C.C=CC[N+](C)(C)CC=C.C=CC[N+](C)(C)CC=C.O=S(=O)([O-])[O-].[Cl-].[O-][Si]([O-])([O-])[O-]. The van der Waals surface area contributed by atoms with Crippen LogP contribution in [0, 0.1) is 0 Å². The first kappa shape index (κ1) is 92.8. The molecule has 0 aromatic carbocycles. The van der Waals surface area contributed by atoms with E-state index in [1.54, 1.807) is 0 Å². The van der Waals surface area contributed by atoms with E-state index >= 15 is 0 Å². The molecule has 0 saturated carbocycles. The number of quaternary nitrogens is 7. The van der Waals surface area contributed by atoms with Crippen LogP contribution in [0.3, 0.4) is 0 Å². The normalized spacial score (nSPS) is 10.9. The number of likely N-dealkylation sites (N-methyl/N-ethyl adjacent to an activating group) is 7. The highest BCUT2D eigenvalue weighted by molar-refractivity contribution is 7.79. The van der Waals surface area contributed by atoms with Gasteiger partial charge < -0.3 is 81.1 Å². The van der Waals surface area contributed by atoms with Gasteiger partial charge in [0.1, 0.15) is 0 Å². The first-order chi connectivity index (χ1) is 32.8. The van der Waals surface area contributed by atoms with Crippen LogP contribution in [0.25, 0.3) is 0 Å². The molecule has 0 aliphatic rings. The van der Waals surface area contributed by atoms with Crippen molar-refractivity contribution in [3.8, 4) is 0 Å². The highest BCUT2D eigenvalue weighted by atomic mass is 35.5. The summed E-state index contributed by atoms with van der Waals surface area (Å²) < 4.78 is 40.7. The van der Waals surface area contributed by atoms with Crippen LogP contribution in [0.15, 0.2) is 177 Å². The van der Waals surface area contributed by atoms with Crippen LogP contribution in [0.5, 0.6) is 0 Å². The summed E-state index contributed by atoms with van der Waals surface area (Å²) in [7, 11) is 19.4. The lowest BCUT2D eigenvalue weighted by molar-refractivity contribution is -0.878. The lowest BCUT2D eigenvalue weighted by Gasteiger charge is -2.67. The molecule has 15 nitrogen and oxygen atoms in total. The Kier molecular flexibility index (Phi) is 66.2. The molecule has 0 aliphatic carbocycles. The van der Waals surface area contributed by atoms with E-state index in [9.17, 15) is 0 Å². The smallest absolute Gasteiger partial charge is 0.0969 e. The third-order valence-corrected chi connectivity index (χ3v) is 8.73. The number of hydrogen-bond donors (Lipinski definition) is 0. The Morgan fingerprint density at radius 3 is 0.338 bits per heavy atom. The topological polar surface area (TPSA) is 172 Å². The largest absolute Gasteiger partial charge is 1.00 e. The van der Waals surface area contributed by atoms with Gasteiger partial charge in [-0.1, -0.05) is 92.1 Å². The van der Waals surface area contributed by atoms with E-state index in [0.717, 1.165) is 123 Å². The Balaban J connectivity index is -0.0000000782. The van der Waals surface area contributed by atoms with E-state index in [-0.39, 0.29) is 12.4 Å². The summed E-state index contributed by atoms with van der Waals surface area (Å²) in [5, 5.41) is 0. The molecule has 0 fully saturated rings. The molecule has 0 bridgehead atoms. The summed E-state index contributed by atoms with van der Waals surface area (Å²) in [6.45, 7) is 65.6. The Morgan fingerprint density at radius 2 is 0.311 bits per heavy atom. The molecule has 0 spiro atoms. The molecule has 0 atom stereocenters. The number of halogens is 1. The summed E-state index contributed by atoms with van der Waals surface area (Å²) >= 11 is 0. The van der Waals surface area contributed by atoms with Gasteiger partial charge in [0, 0.05) is 10.4 Å². The number of rotatable bonds is 28. The molecule has 0 N–H and O–H groups in total. The highest BCUT2D eigenvalue weighted by Gasteiger charge is 2.11. The van der Waals surface area contributed by atoms with Gasteiger partial charge in [0.15, 0.2) is 0 Å². The Hall–Kier alpha value is -3.70. The maximum absolute atomic E-state index is 8.58. The minimum atomic E-state index is -5.61. The number of nitrogens with zero attached hydrogens (tertiary/aromatic N) is 7. The zero-order valence-corrected chi connectivity index (χ0v) is 52.1. The third kappa shape index (κ3) is 113. The van der Waals surface area contributed by atoms with Gasteiger partial charge in [-0.25, -0.2) is 0 Å². The quantitative estimate of drug-likeness (QED) is 0.0360. The molecule has 0 radical (unpaired) electrons. The Morgan fingerprint density at radius 1 is 0.270 bits per heavy atom. The van der Waals surface area contributed by atoms with Crippen LogP contribution in [-0.2, 0) is 10.4 Å². The predicted molar refractivity (Wildman–Crippen MR) is 312 cm³/mol. The van der Waals surface area contributed by atoms with Gasteiger partial charge in [-0.15, -0.1) is 0 Å². The molecule has 0 aliphatic heterocycles. The summed E-state index contributed by atoms with van der Waals surface area (Å²) in [5.41, 5.74) is 0. The average Bonchev–Trinajstić information content (AvgIpc) is 3.15. The van der Waals surface area contributed by atoms with Crippen LogP contribution in [0.1, 0.15) is 0 Å². The van der Waals surface area contributed by atoms with Crippen molar-refractivity contribution in [1.29, 1.82) is 0 Å². The van der Waals surface area contributed by atoms with Gasteiger partial charge in [0.25, 0.3) is 0 Å². The fourth-order valence-corrected chi connectivity index (χ4v) is 5.41. The minimum absolute atomic E-state index is 0. The van der Waals surface area contributed by atoms with Gasteiger partial charge in [-0.3, -0.25) is 8.42 Å². The standard InChI is InChI=1S/7C8H16N.ClH.H2O4S.O4Si/c7*1-5-7-9(3,4)8-6-2;;2*1-5(2,3)4/h7*5-6H,1-2,7-8H2,3-4H3;1H;(H2,1,2,3,4);/q7*+1;;;-4/p-3. The molecule has 74 heavy (non-hydrogen) atoms. The Bertz CT molecular complexity index is 1270. The van der Waals surface area contributed by atoms with Crippen molar-refractivity contribution in [3.05, 3.63) is 177 Å². The third-order valence-electron chi connectivity index (χ3n) is 8.73. The second kappa shape index (κ2) is 52.7. The minimum Gasteiger partial charge on any atom is -1.00 e. The van der Waals surface area contributed by atoms with Crippen molar-refractivity contribution in [2.45, 2.75) is 0 Å². The maximum atomic E-state index is 8.58. The van der Waals surface area contributed by atoms with Crippen molar-refractivity contribution < 1.29 is 80.5 Å². The number of hydrogen-bond acceptors (Lipinski definition) is 8. The molecule has 18 heteroatoms. The maximum Gasteiger partial charge on any atom is 0.0969 e. The molecular formula is C56H112ClN7O8SSi. The van der Waals surface area contributed by atoms with Crippen molar-refractivity contribution >= 4 is 19.4 Å². The molecule has 436 valence electrons. The first-order valence-electron chi connectivity index (χ1n) is 23.6. The van der Waals surface area contributed by atoms with Crippen molar-refractivity contribution in [2.75, 3.05) is 190 Å². The zero-order chi connectivity index (χ0) is 60.3. The molecule has 0 aromatic heterocycles. The van der Waals surface area contributed by atoms with E-state index < -0.39 is 19.4 Å². The second-order valence-corrected chi connectivity index (χ2v) is 22.9. The summed E-state index contributed by atoms with van der Waals surface area (Å²) in [6, 6.07) is 0. The van der Waals surface area contributed by atoms with Crippen molar-refractivity contribution in [3.63, 3.8) is 0 Å². The van der Waals surface area contributed by atoms with Gasteiger partial charge in [-0.05, 0) is 85.1 Å². The van der Waals surface area contributed by atoms with Gasteiger partial charge in [0.05, 0.1) is 190 Å². The van der Waals surface area contributed by atoms with E-state index in [4.69, 9.17) is 36.7 Å². The molecule has 0 unspecified atom stereocenters. The molecule has 0 heterocycles. The zero-order valence-electron chi connectivity index (χ0n) is 49.6. The molecule has 0 rings (SSSR count). The molecular weight excluding hydrogens is 994 g/mol. The van der Waals surface area contributed by atoms with Crippen LogP contribution in [0.4, 0.5) is 0 Å². The van der Waals surface area contributed by atoms with Crippen LogP contribution < -0.4 is 31.6 Å². The van der Waals surface area contributed by atoms with Crippen LogP contribution in [-0.4, -0.2) is 248 Å². The fourth-order valence-electron chi connectivity index (χ4n) is 5.41. The van der Waals surface area contributed by atoms with Crippen molar-refractivity contribution in [2.24, 2.45) is 0 Å². The van der Waals surface area contributed by atoms with Crippen LogP contribution in [0.2, 0.25) is 0 Å². The summed E-state index contributed by atoms with van der Waals surface area (Å²) in [4.78, 5) is 34.3.